The molecule has 3 rings (SSSR count). The Bertz CT molecular complexity index is 741. The average molecular weight is 330 g/mol. The average Bonchev–Trinajstić information content (AvgIpc) is 2.96. The number of aliphatic carboxylic acids is 1. The first kappa shape index (κ1) is 16.2. The van der Waals surface area contributed by atoms with Crippen LogP contribution in [0.25, 0.3) is 11.3 Å². The molecule has 1 amide bonds. The van der Waals surface area contributed by atoms with Gasteiger partial charge in [0.05, 0.1) is 19.1 Å². The fraction of sp³-hybridized carbons (Fsp3) is 0.353. The van der Waals surface area contributed by atoms with Gasteiger partial charge >= 0.3 is 5.97 Å². The lowest BCUT2D eigenvalue weighted by atomic mass is 10.1. The Kier molecular flexibility index (Phi) is 4.61. The number of amides is 1. The molecule has 1 fully saturated rings. The van der Waals surface area contributed by atoms with E-state index in [4.69, 9.17) is 14.3 Å². The Hall–Kier alpha value is -2.67. The first-order chi connectivity index (χ1) is 11.5. The molecule has 0 bridgehead atoms. The molecule has 1 aliphatic rings. The molecule has 1 saturated heterocycles. The van der Waals surface area contributed by atoms with E-state index in [2.05, 4.69) is 4.98 Å². The summed E-state index contributed by atoms with van der Waals surface area (Å²) in [6, 6.07) is 9.30. The molecule has 7 heteroatoms. The number of aromatic nitrogens is 1. The van der Waals surface area contributed by atoms with Crippen molar-refractivity contribution < 1.29 is 23.8 Å². The molecule has 0 radical (unpaired) electrons. The molecular weight excluding hydrogens is 312 g/mol. The number of rotatable bonds is 4. The maximum absolute atomic E-state index is 12.8. The number of oxazole rings is 1. The SMILES string of the molecule is Cc1nc(C(=O)N2CCOC(CC(=O)O)C2)c(-c2ccccc2)o1. The molecule has 1 aromatic heterocycles. The van der Waals surface area contributed by atoms with Gasteiger partial charge in [0.1, 0.15) is 0 Å². The first-order valence-electron chi connectivity index (χ1n) is 7.70. The van der Waals surface area contributed by atoms with Gasteiger partial charge in [-0.15, -0.1) is 0 Å². The number of aryl methyl sites for hydroxylation is 1. The molecule has 1 unspecified atom stereocenters. The number of carboxylic acids is 1. The van der Waals surface area contributed by atoms with E-state index < -0.39 is 12.1 Å². The molecule has 1 aromatic carbocycles. The van der Waals surface area contributed by atoms with Crippen molar-refractivity contribution in [3.05, 3.63) is 41.9 Å². The topological polar surface area (TPSA) is 92.9 Å². The molecule has 24 heavy (non-hydrogen) atoms. The Morgan fingerprint density at radius 1 is 1.33 bits per heavy atom. The number of morpholine rings is 1. The van der Waals surface area contributed by atoms with Crippen LogP contribution in [-0.2, 0) is 9.53 Å². The molecule has 1 atom stereocenters. The number of hydrogen-bond acceptors (Lipinski definition) is 5. The Balaban J connectivity index is 1.84. The molecule has 126 valence electrons. The second kappa shape index (κ2) is 6.84. The highest BCUT2D eigenvalue weighted by Crippen LogP contribution is 2.26. The van der Waals surface area contributed by atoms with Gasteiger partial charge in [-0.05, 0) is 0 Å². The number of ether oxygens (including phenoxy) is 1. The molecule has 1 aliphatic heterocycles. The molecule has 0 saturated carbocycles. The summed E-state index contributed by atoms with van der Waals surface area (Å²) in [5.41, 5.74) is 1.02. The van der Waals surface area contributed by atoms with Crippen LogP contribution in [0, 0.1) is 6.92 Å². The standard InChI is InChI=1S/C17H18N2O5/c1-11-18-15(16(24-11)12-5-3-2-4-6-12)17(22)19-7-8-23-13(10-19)9-14(20)21/h2-6,13H,7-10H2,1H3,(H,20,21). The minimum Gasteiger partial charge on any atom is -0.481 e. The minimum atomic E-state index is -0.948. The highest BCUT2D eigenvalue weighted by Gasteiger charge is 2.30. The van der Waals surface area contributed by atoms with Crippen molar-refractivity contribution in [3.63, 3.8) is 0 Å². The van der Waals surface area contributed by atoms with E-state index >= 15 is 0 Å². The van der Waals surface area contributed by atoms with E-state index in [9.17, 15) is 9.59 Å². The normalized spacial score (nSPS) is 17.7. The molecular formula is C17H18N2O5. The number of benzene rings is 1. The zero-order chi connectivity index (χ0) is 17.1. The molecule has 0 spiro atoms. The maximum atomic E-state index is 12.8. The lowest BCUT2D eigenvalue weighted by molar-refractivity contribution is -0.141. The summed E-state index contributed by atoms with van der Waals surface area (Å²) >= 11 is 0. The predicted molar refractivity (Wildman–Crippen MR) is 84.6 cm³/mol. The Labute approximate surface area is 138 Å². The zero-order valence-electron chi connectivity index (χ0n) is 13.3. The number of carbonyl (C=O) groups excluding carboxylic acids is 1. The van der Waals surface area contributed by atoms with Gasteiger partial charge in [-0.1, -0.05) is 30.3 Å². The van der Waals surface area contributed by atoms with Crippen LogP contribution < -0.4 is 0 Å². The summed E-state index contributed by atoms with van der Waals surface area (Å²) in [4.78, 5) is 29.5. The summed E-state index contributed by atoms with van der Waals surface area (Å²) in [5, 5.41) is 8.89. The van der Waals surface area contributed by atoms with Crippen LogP contribution in [0.4, 0.5) is 0 Å². The van der Waals surface area contributed by atoms with E-state index in [0.29, 0.717) is 24.8 Å². The van der Waals surface area contributed by atoms with E-state index in [0.717, 1.165) is 5.56 Å². The van der Waals surface area contributed by atoms with Gasteiger partial charge in [0.25, 0.3) is 5.91 Å². The third-order valence-electron chi connectivity index (χ3n) is 3.80. The monoisotopic (exact) mass is 330 g/mol. The van der Waals surface area contributed by atoms with E-state index in [1.807, 2.05) is 30.3 Å². The minimum absolute atomic E-state index is 0.132. The first-order valence-corrected chi connectivity index (χ1v) is 7.70. The third-order valence-corrected chi connectivity index (χ3v) is 3.80. The van der Waals surface area contributed by atoms with Crippen LogP contribution >= 0.6 is 0 Å². The van der Waals surface area contributed by atoms with E-state index in [1.54, 1.807) is 11.8 Å². The second-order valence-electron chi connectivity index (χ2n) is 5.62. The number of carboxylic acid groups (broad SMARTS) is 1. The van der Waals surface area contributed by atoms with Gasteiger partial charge in [-0.2, -0.15) is 0 Å². The van der Waals surface area contributed by atoms with Crippen LogP contribution in [0.5, 0.6) is 0 Å². The maximum Gasteiger partial charge on any atom is 0.306 e. The van der Waals surface area contributed by atoms with Crippen LogP contribution in [-0.4, -0.2) is 52.7 Å². The zero-order valence-corrected chi connectivity index (χ0v) is 13.3. The highest BCUT2D eigenvalue weighted by molar-refractivity contribution is 5.97. The summed E-state index contributed by atoms with van der Waals surface area (Å²) in [6.45, 7) is 2.62. The van der Waals surface area contributed by atoms with Crippen molar-refractivity contribution in [1.82, 2.24) is 9.88 Å². The predicted octanol–water partition coefficient (Wildman–Crippen LogP) is 1.97. The summed E-state index contributed by atoms with van der Waals surface area (Å²) in [6.07, 6.45) is -0.638. The quantitative estimate of drug-likeness (QED) is 0.921. The van der Waals surface area contributed by atoms with Gasteiger partial charge < -0.3 is 19.2 Å². The van der Waals surface area contributed by atoms with Crippen LogP contribution in [0.15, 0.2) is 34.7 Å². The van der Waals surface area contributed by atoms with E-state index in [-0.39, 0.29) is 24.6 Å². The fourth-order valence-corrected chi connectivity index (χ4v) is 2.73. The van der Waals surface area contributed by atoms with Gasteiger partial charge in [-0.25, -0.2) is 4.98 Å². The Morgan fingerprint density at radius 3 is 2.79 bits per heavy atom. The van der Waals surface area contributed by atoms with Crippen molar-refractivity contribution in [1.29, 1.82) is 0 Å². The summed E-state index contributed by atoms with van der Waals surface area (Å²) < 4.78 is 11.0. The van der Waals surface area contributed by atoms with Crippen molar-refractivity contribution in [2.24, 2.45) is 0 Å². The molecule has 1 N–H and O–H groups in total. The number of hydrogen-bond donors (Lipinski definition) is 1. The summed E-state index contributed by atoms with van der Waals surface area (Å²) in [7, 11) is 0. The van der Waals surface area contributed by atoms with Crippen LogP contribution in [0.3, 0.4) is 0 Å². The smallest absolute Gasteiger partial charge is 0.306 e. The van der Waals surface area contributed by atoms with Crippen molar-refractivity contribution in [2.45, 2.75) is 19.4 Å². The van der Waals surface area contributed by atoms with Gasteiger partial charge in [0.2, 0.25) is 0 Å². The molecule has 2 heterocycles. The lowest BCUT2D eigenvalue weighted by Crippen LogP contribution is -2.46. The van der Waals surface area contributed by atoms with Crippen molar-refractivity contribution in [3.8, 4) is 11.3 Å². The largest absolute Gasteiger partial charge is 0.481 e. The van der Waals surface area contributed by atoms with Crippen LogP contribution in [0.2, 0.25) is 0 Å². The molecule has 2 aromatic rings. The summed E-state index contributed by atoms with van der Waals surface area (Å²) in [5.74, 6) is -0.382. The molecule has 0 aliphatic carbocycles. The van der Waals surface area contributed by atoms with Gasteiger partial charge in [-0.3, -0.25) is 9.59 Å². The van der Waals surface area contributed by atoms with Gasteiger partial charge in [0.15, 0.2) is 17.3 Å². The van der Waals surface area contributed by atoms with Crippen molar-refractivity contribution >= 4 is 11.9 Å². The number of carbonyl (C=O) groups is 2. The van der Waals surface area contributed by atoms with Crippen LogP contribution in [0.1, 0.15) is 22.8 Å². The third kappa shape index (κ3) is 3.46. The highest BCUT2D eigenvalue weighted by atomic mass is 16.5. The number of nitrogens with zero attached hydrogens (tertiary/aromatic N) is 2. The lowest BCUT2D eigenvalue weighted by Gasteiger charge is -2.31. The van der Waals surface area contributed by atoms with E-state index in [1.165, 1.54) is 0 Å². The van der Waals surface area contributed by atoms with Crippen molar-refractivity contribution in [2.75, 3.05) is 19.7 Å². The second-order valence-corrected chi connectivity index (χ2v) is 5.62. The Morgan fingerprint density at radius 2 is 2.08 bits per heavy atom. The van der Waals surface area contributed by atoms with Gasteiger partial charge in [0, 0.05) is 25.6 Å². The fourth-order valence-electron chi connectivity index (χ4n) is 2.73. The molecule has 7 nitrogen and oxygen atoms in total.